The van der Waals surface area contributed by atoms with Crippen LogP contribution in [-0.4, -0.2) is 25.5 Å². The van der Waals surface area contributed by atoms with Gasteiger partial charge in [0.2, 0.25) is 0 Å². The predicted molar refractivity (Wildman–Crippen MR) is 86.5 cm³/mol. The fraction of sp³-hybridized carbons (Fsp3) is 0.176. The second-order valence-corrected chi connectivity index (χ2v) is 5.08. The largest absolute Gasteiger partial charge is 0.497 e. The van der Waals surface area contributed by atoms with Crippen molar-refractivity contribution >= 4 is 17.5 Å². The Hall–Kier alpha value is -3.07. The number of hydrogen-bond acceptors (Lipinski definition) is 4. The molecule has 0 aromatic heterocycles. The van der Waals surface area contributed by atoms with E-state index in [1.807, 2.05) is 5.48 Å². The summed E-state index contributed by atoms with van der Waals surface area (Å²) < 4.78 is 42.8. The number of hydrogen-bond donors (Lipinski definition) is 2. The number of amides is 2. The second kappa shape index (κ2) is 8.34. The second-order valence-electron chi connectivity index (χ2n) is 5.08. The molecule has 0 unspecified atom stereocenters. The van der Waals surface area contributed by atoms with Crippen LogP contribution in [0.25, 0.3) is 0 Å². The standard InChI is InChI=1S/C17H15F3N2O4/c1-25-14-7-5-13(6-8-14)21-15(23)10-26-22-16(24)11-3-2-4-12(9-11)17(18,19)20/h2-9H,10H2,1H3,(H,21,23)(H,22,24). The van der Waals surface area contributed by atoms with Gasteiger partial charge in [0.25, 0.3) is 11.8 Å². The lowest BCUT2D eigenvalue weighted by Gasteiger charge is -2.10. The fourth-order valence-electron chi connectivity index (χ4n) is 1.93. The first kappa shape index (κ1) is 19.3. The van der Waals surface area contributed by atoms with Gasteiger partial charge in [-0.1, -0.05) is 6.07 Å². The smallest absolute Gasteiger partial charge is 0.416 e. The summed E-state index contributed by atoms with van der Waals surface area (Å²) in [5.74, 6) is -0.833. The van der Waals surface area contributed by atoms with Gasteiger partial charge in [0.05, 0.1) is 12.7 Å². The maximum absolute atomic E-state index is 12.6. The van der Waals surface area contributed by atoms with Crippen molar-refractivity contribution in [1.82, 2.24) is 5.48 Å². The molecule has 0 bridgehead atoms. The van der Waals surface area contributed by atoms with E-state index in [1.165, 1.54) is 13.2 Å². The number of alkyl halides is 3. The van der Waals surface area contributed by atoms with E-state index in [0.717, 1.165) is 12.1 Å². The zero-order valence-corrected chi connectivity index (χ0v) is 13.6. The van der Waals surface area contributed by atoms with Crippen molar-refractivity contribution in [1.29, 1.82) is 0 Å². The average Bonchev–Trinajstić information content (AvgIpc) is 2.61. The van der Waals surface area contributed by atoms with Crippen LogP contribution in [0, 0.1) is 0 Å². The minimum absolute atomic E-state index is 0.240. The lowest BCUT2D eigenvalue weighted by atomic mass is 10.1. The zero-order chi connectivity index (χ0) is 19.2. The Kier molecular flexibility index (Phi) is 6.18. The van der Waals surface area contributed by atoms with Crippen LogP contribution < -0.4 is 15.5 Å². The highest BCUT2D eigenvalue weighted by Gasteiger charge is 2.30. The molecule has 0 aliphatic heterocycles. The molecule has 0 saturated carbocycles. The van der Waals surface area contributed by atoms with Gasteiger partial charge in [0, 0.05) is 11.3 Å². The van der Waals surface area contributed by atoms with Crippen molar-refractivity contribution in [2.24, 2.45) is 0 Å². The number of methoxy groups -OCH3 is 1. The van der Waals surface area contributed by atoms with Crippen molar-refractivity contribution in [2.45, 2.75) is 6.18 Å². The average molecular weight is 368 g/mol. The molecular formula is C17H15F3N2O4. The van der Waals surface area contributed by atoms with Crippen LogP contribution in [0.15, 0.2) is 48.5 Å². The number of anilines is 1. The summed E-state index contributed by atoms with van der Waals surface area (Å²) in [4.78, 5) is 28.2. The Morgan fingerprint density at radius 3 is 2.38 bits per heavy atom. The quantitative estimate of drug-likeness (QED) is 0.769. The van der Waals surface area contributed by atoms with E-state index in [0.29, 0.717) is 17.5 Å². The van der Waals surface area contributed by atoms with Gasteiger partial charge in [-0.25, -0.2) is 5.48 Å². The summed E-state index contributed by atoms with van der Waals surface area (Å²) >= 11 is 0. The first-order valence-corrected chi connectivity index (χ1v) is 7.33. The zero-order valence-electron chi connectivity index (χ0n) is 13.6. The van der Waals surface area contributed by atoms with Crippen LogP contribution in [0.1, 0.15) is 15.9 Å². The molecule has 2 aromatic carbocycles. The SMILES string of the molecule is COc1ccc(NC(=O)CONC(=O)c2cccc(C(F)(F)F)c2)cc1. The summed E-state index contributed by atoms with van der Waals surface area (Å²) in [7, 11) is 1.51. The number of nitrogens with one attached hydrogen (secondary N) is 2. The number of benzene rings is 2. The molecular weight excluding hydrogens is 353 g/mol. The Morgan fingerprint density at radius 2 is 1.77 bits per heavy atom. The van der Waals surface area contributed by atoms with Gasteiger partial charge in [-0.05, 0) is 42.5 Å². The summed E-state index contributed by atoms with van der Waals surface area (Å²) in [5, 5.41) is 2.52. The van der Waals surface area contributed by atoms with Crippen LogP contribution >= 0.6 is 0 Å². The Balaban J connectivity index is 1.83. The van der Waals surface area contributed by atoms with E-state index < -0.39 is 30.2 Å². The molecule has 26 heavy (non-hydrogen) atoms. The van der Waals surface area contributed by atoms with Crippen LogP contribution in [-0.2, 0) is 15.8 Å². The van der Waals surface area contributed by atoms with E-state index in [9.17, 15) is 22.8 Å². The maximum Gasteiger partial charge on any atom is 0.416 e. The number of carbonyl (C=O) groups excluding carboxylic acids is 2. The van der Waals surface area contributed by atoms with E-state index in [2.05, 4.69) is 5.32 Å². The molecule has 0 radical (unpaired) electrons. The lowest BCUT2D eigenvalue weighted by molar-refractivity contribution is -0.137. The molecule has 2 amide bonds. The summed E-state index contributed by atoms with van der Waals surface area (Å²) in [5.41, 5.74) is 1.22. The predicted octanol–water partition coefficient (Wildman–Crippen LogP) is 3.01. The molecule has 2 rings (SSSR count). The normalized spacial score (nSPS) is 10.9. The lowest BCUT2D eigenvalue weighted by Crippen LogP contribution is -2.29. The van der Waals surface area contributed by atoms with Gasteiger partial charge in [0.15, 0.2) is 6.61 Å². The highest BCUT2D eigenvalue weighted by Crippen LogP contribution is 2.29. The van der Waals surface area contributed by atoms with Crippen LogP contribution in [0.3, 0.4) is 0 Å². The molecule has 138 valence electrons. The van der Waals surface area contributed by atoms with Gasteiger partial charge < -0.3 is 10.1 Å². The molecule has 0 aliphatic rings. The number of hydroxylamine groups is 1. The topological polar surface area (TPSA) is 76.7 Å². The van der Waals surface area contributed by atoms with E-state index in [-0.39, 0.29) is 5.56 Å². The number of ether oxygens (including phenoxy) is 1. The summed E-state index contributed by atoms with van der Waals surface area (Å²) in [6.45, 7) is -0.517. The Bertz CT molecular complexity index is 776. The molecule has 0 fully saturated rings. The van der Waals surface area contributed by atoms with Crippen LogP contribution in [0.2, 0.25) is 0 Å². The van der Waals surface area contributed by atoms with Crippen molar-refractivity contribution < 1.29 is 32.3 Å². The molecule has 6 nitrogen and oxygen atoms in total. The highest BCUT2D eigenvalue weighted by atomic mass is 19.4. The molecule has 0 saturated heterocycles. The highest BCUT2D eigenvalue weighted by molar-refractivity contribution is 5.94. The molecule has 2 N–H and O–H groups in total. The van der Waals surface area contributed by atoms with Gasteiger partial charge in [-0.15, -0.1) is 0 Å². The Morgan fingerprint density at radius 1 is 1.08 bits per heavy atom. The van der Waals surface area contributed by atoms with Gasteiger partial charge in [0.1, 0.15) is 5.75 Å². The number of rotatable bonds is 6. The first-order valence-electron chi connectivity index (χ1n) is 7.33. The fourth-order valence-corrected chi connectivity index (χ4v) is 1.93. The van der Waals surface area contributed by atoms with E-state index in [1.54, 1.807) is 24.3 Å². The van der Waals surface area contributed by atoms with Crippen molar-refractivity contribution in [3.8, 4) is 5.75 Å². The molecule has 0 atom stereocenters. The van der Waals surface area contributed by atoms with Crippen molar-refractivity contribution in [3.05, 3.63) is 59.7 Å². The molecule has 9 heteroatoms. The van der Waals surface area contributed by atoms with Gasteiger partial charge in [-0.3, -0.25) is 14.4 Å². The number of halogens is 3. The molecule has 0 spiro atoms. The third kappa shape index (κ3) is 5.49. The molecule has 2 aromatic rings. The monoisotopic (exact) mass is 368 g/mol. The summed E-state index contributed by atoms with van der Waals surface area (Å²) in [6.07, 6.45) is -4.56. The number of carbonyl (C=O) groups is 2. The van der Waals surface area contributed by atoms with Gasteiger partial charge in [-0.2, -0.15) is 13.2 Å². The van der Waals surface area contributed by atoms with Crippen molar-refractivity contribution in [2.75, 3.05) is 19.0 Å². The van der Waals surface area contributed by atoms with Gasteiger partial charge >= 0.3 is 6.18 Å². The molecule has 0 aliphatic carbocycles. The van der Waals surface area contributed by atoms with E-state index in [4.69, 9.17) is 9.57 Å². The van der Waals surface area contributed by atoms with Crippen LogP contribution in [0.4, 0.5) is 18.9 Å². The third-order valence-corrected chi connectivity index (χ3v) is 3.19. The molecule has 0 heterocycles. The van der Waals surface area contributed by atoms with E-state index >= 15 is 0 Å². The first-order chi connectivity index (χ1) is 12.3. The maximum atomic E-state index is 12.6. The Labute approximate surface area is 146 Å². The summed E-state index contributed by atoms with van der Waals surface area (Å²) in [6, 6.07) is 10.4. The van der Waals surface area contributed by atoms with Crippen molar-refractivity contribution in [3.63, 3.8) is 0 Å². The third-order valence-electron chi connectivity index (χ3n) is 3.19. The minimum atomic E-state index is -4.56. The van der Waals surface area contributed by atoms with Crippen LogP contribution in [0.5, 0.6) is 5.75 Å². The minimum Gasteiger partial charge on any atom is -0.497 e.